The van der Waals surface area contributed by atoms with Crippen molar-refractivity contribution in [2.45, 2.75) is 0 Å². The van der Waals surface area contributed by atoms with E-state index in [9.17, 15) is 0 Å². The minimum absolute atomic E-state index is 0.831. The molecule has 140 valence electrons. The Morgan fingerprint density at radius 3 is 2.59 bits per heavy atom. The van der Waals surface area contributed by atoms with Crippen molar-refractivity contribution >= 4 is 11.7 Å². The molecule has 3 aromatic rings. The van der Waals surface area contributed by atoms with Crippen molar-refractivity contribution in [3.63, 3.8) is 0 Å². The number of hydrazine groups is 1. The minimum Gasteiger partial charge on any atom is -0.497 e. The van der Waals surface area contributed by atoms with Crippen LogP contribution in [-0.2, 0) is 0 Å². The van der Waals surface area contributed by atoms with E-state index in [4.69, 9.17) is 9.72 Å². The van der Waals surface area contributed by atoms with Crippen LogP contribution < -0.4 is 10.3 Å². The number of piperazine rings is 1. The maximum Gasteiger partial charge on any atom is 0.145 e. The van der Waals surface area contributed by atoms with Crippen LogP contribution in [0.1, 0.15) is 5.69 Å². The summed E-state index contributed by atoms with van der Waals surface area (Å²) in [4.78, 5) is 7.13. The summed E-state index contributed by atoms with van der Waals surface area (Å²) in [6.45, 7) is 3.98. The van der Waals surface area contributed by atoms with Gasteiger partial charge in [0.2, 0.25) is 0 Å². The topological polar surface area (TPSA) is 57.4 Å². The van der Waals surface area contributed by atoms with Crippen LogP contribution in [0, 0.1) is 0 Å². The Kier molecular flexibility index (Phi) is 5.04. The molecular weight excluding hydrogens is 340 g/mol. The molecule has 1 saturated heterocycles. The third-order valence-corrected chi connectivity index (χ3v) is 4.81. The summed E-state index contributed by atoms with van der Waals surface area (Å²) in [5, 5.41) is 6.54. The van der Waals surface area contributed by atoms with E-state index in [0.717, 1.165) is 54.5 Å². The van der Waals surface area contributed by atoms with Crippen LogP contribution in [0.5, 0.6) is 5.75 Å². The van der Waals surface area contributed by atoms with E-state index >= 15 is 0 Å². The number of ether oxygens (including phenoxy) is 1. The number of pyridine rings is 1. The minimum atomic E-state index is 0.831. The Balaban J connectivity index is 1.58. The molecule has 1 aliphatic heterocycles. The number of rotatable bonds is 5. The zero-order valence-electron chi connectivity index (χ0n) is 15.7. The molecule has 1 fully saturated rings. The van der Waals surface area contributed by atoms with E-state index in [2.05, 4.69) is 38.1 Å². The number of hydrazone groups is 1. The van der Waals surface area contributed by atoms with Gasteiger partial charge in [0, 0.05) is 37.9 Å². The maximum absolute atomic E-state index is 5.25. The number of nitrogens with one attached hydrogen (secondary N) is 1. The highest BCUT2D eigenvalue weighted by Crippen LogP contribution is 2.24. The van der Waals surface area contributed by atoms with Gasteiger partial charge in [-0.15, -0.1) is 0 Å². The smallest absolute Gasteiger partial charge is 0.145 e. The molecule has 1 aromatic carbocycles. The van der Waals surface area contributed by atoms with Gasteiger partial charge in [-0.05, 0) is 43.4 Å². The van der Waals surface area contributed by atoms with Gasteiger partial charge in [-0.25, -0.2) is 15.5 Å². The van der Waals surface area contributed by atoms with E-state index in [1.807, 2.05) is 42.6 Å². The first-order valence-corrected chi connectivity index (χ1v) is 9.08. The highest BCUT2D eigenvalue weighted by atomic mass is 16.5. The first-order chi connectivity index (χ1) is 13.2. The van der Waals surface area contributed by atoms with E-state index in [1.165, 1.54) is 0 Å². The fourth-order valence-electron chi connectivity index (χ4n) is 3.18. The molecule has 0 bridgehead atoms. The largest absolute Gasteiger partial charge is 0.497 e. The summed E-state index contributed by atoms with van der Waals surface area (Å²) in [7, 11) is 3.81. The number of nitrogens with zero attached hydrogens (tertiary/aromatic N) is 5. The van der Waals surface area contributed by atoms with Gasteiger partial charge in [0.15, 0.2) is 0 Å². The quantitative estimate of drug-likeness (QED) is 0.555. The van der Waals surface area contributed by atoms with Crippen LogP contribution in [0.3, 0.4) is 0 Å². The van der Waals surface area contributed by atoms with Crippen LogP contribution in [0.25, 0.3) is 16.9 Å². The normalized spacial score (nSPS) is 16.2. The number of likely N-dealkylation sites (N-methyl/N-ethyl adjacent to an activating group) is 1. The molecule has 0 aliphatic carbocycles. The Bertz CT molecular complexity index is 925. The average molecular weight is 364 g/mol. The summed E-state index contributed by atoms with van der Waals surface area (Å²) in [6.07, 6.45) is 3.81. The van der Waals surface area contributed by atoms with Crippen molar-refractivity contribution < 1.29 is 4.74 Å². The molecule has 0 saturated carbocycles. The van der Waals surface area contributed by atoms with E-state index < -0.39 is 0 Å². The number of hydrogen-bond donors (Lipinski definition) is 1. The monoisotopic (exact) mass is 364 g/mol. The molecule has 27 heavy (non-hydrogen) atoms. The van der Waals surface area contributed by atoms with Gasteiger partial charge in [0.05, 0.1) is 18.8 Å². The van der Waals surface area contributed by atoms with Gasteiger partial charge in [0.1, 0.15) is 17.3 Å². The lowest BCUT2D eigenvalue weighted by Crippen LogP contribution is -2.49. The number of fused-ring (bicyclic) bond motifs is 1. The van der Waals surface area contributed by atoms with Crippen molar-refractivity contribution in [2.24, 2.45) is 5.10 Å². The standard InChI is InChI=1S/C20H24N6O/c1-24-11-13-25(14-12-24)23-21-15-18-19-5-3-4-10-26(19)20(22-18)16-6-8-17(27-2)9-7-16/h3-10,15,23H,11-14H2,1-2H3/b21-15+. The molecule has 0 spiro atoms. The Morgan fingerprint density at radius 1 is 1.07 bits per heavy atom. The maximum atomic E-state index is 5.25. The molecule has 1 aliphatic rings. The van der Waals surface area contributed by atoms with Crippen LogP contribution in [-0.4, -0.2) is 65.8 Å². The first-order valence-electron chi connectivity index (χ1n) is 9.08. The lowest BCUT2D eigenvalue weighted by atomic mass is 10.2. The fraction of sp³-hybridized carbons (Fsp3) is 0.300. The fourth-order valence-corrected chi connectivity index (χ4v) is 3.18. The predicted octanol–water partition coefficient (Wildman–Crippen LogP) is 2.10. The summed E-state index contributed by atoms with van der Waals surface area (Å²) in [5.74, 6) is 1.71. The average Bonchev–Trinajstić information content (AvgIpc) is 3.08. The lowest BCUT2D eigenvalue weighted by molar-refractivity contribution is 0.107. The molecule has 0 radical (unpaired) electrons. The zero-order valence-corrected chi connectivity index (χ0v) is 15.7. The van der Waals surface area contributed by atoms with Crippen molar-refractivity contribution in [3.05, 3.63) is 54.4 Å². The molecular formula is C20H24N6O. The van der Waals surface area contributed by atoms with Gasteiger partial charge in [-0.1, -0.05) is 6.07 Å². The highest BCUT2D eigenvalue weighted by Gasteiger charge is 2.13. The van der Waals surface area contributed by atoms with Gasteiger partial charge < -0.3 is 9.64 Å². The second-order valence-corrected chi connectivity index (χ2v) is 6.65. The molecule has 7 heteroatoms. The van der Waals surface area contributed by atoms with E-state index in [0.29, 0.717) is 0 Å². The Hall–Kier alpha value is -2.90. The van der Waals surface area contributed by atoms with Crippen LogP contribution >= 0.6 is 0 Å². The van der Waals surface area contributed by atoms with Crippen LogP contribution in [0.15, 0.2) is 53.8 Å². The summed E-state index contributed by atoms with van der Waals surface area (Å²) >= 11 is 0. The molecule has 0 amide bonds. The number of imidazole rings is 1. The highest BCUT2D eigenvalue weighted by molar-refractivity contribution is 5.88. The summed E-state index contributed by atoms with van der Waals surface area (Å²) in [6, 6.07) is 14.0. The molecule has 0 atom stereocenters. The Morgan fingerprint density at radius 2 is 1.85 bits per heavy atom. The molecule has 4 rings (SSSR count). The van der Waals surface area contributed by atoms with Gasteiger partial charge in [0.25, 0.3) is 0 Å². The molecule has 1 N–H and O–H groups in total. The SMILES string of the molecule is COc1ccc(-c2nc(/C=N/NN3CCN(C)CC3)c3ccccn23)cc1. The van der Waals surface area contributed by atoms with E-state index in [1.54, 1.807) is 13.3 Å². The van der Waals surface area contributed by atoms with E-state index in [-0.39, 0.29) is 0 Å². The van der Waals surface area contributed by atoms with Gasteiger partial charge in [-0.3, -0.25) is 4.40 Å². The van der Waals surface area contributed by atoms with Gasteiger partial charge in [-0.2, -0.15) is 5.10 Å². The third-order valence-electron chi connectivity index (χ3n) is 4.81. The summed E-state index contributed by atoms with van der Waals surface area (Å²) < 4.78 is 7.33. The summed E-state index contributed by atoms with van der Waals surface area (Å²) in [5.41, 5.74) is 6.02. The predicted molar refractivity (Wildman–Crippen MR) is 107 cm³/mol. The van der Waals surface area contributed by atoms with Crippen molar-refractivity contribution in [1.82, 2.24) is 24.8 Å². The number of hydrogen-bond acceptors (Lipinski definition) is 6. The third kappa shape index (κ3) is 3.79. The number of benzene rings is 1. The van der Waals surface area contributed by atoms with Gasteiger partial charge >= 0.3 is 0 Å². The molecule has 7 nitrogen and oxygen atoms in total. The Labute approximate surface area is 158 Å². The lowest BCUT2D eigenvalue weighted by Gasteiger charge is -2.31. The molecule has 3 heterocycles. The second-order valence-electron chi connectivity index (χ2n) is 6.65. The van der Waals surface area contributed by atoms with Crippen LogP contribution in [0.2, 0.25) is 0 Å². The van der Waals surface area contributed by atoms with Crippen molar-refractivity contribution in [1.29, 1.82) is 0 Å². The molecule has 2 aromatic heterocycles. The van der Waals surface area contributed by atoms with Crippen molar-refractivity contribution in [2.75, 3.05) is 40.3 Å². The zero-order chi connectivity index (χ0) is 18.6. The van der Waals surface area contributed by atoms with Crippen molar-refractivity contribution in [3.8, 4) is 17.1 Å². The molecule has 0 unspecified atom stereocenters. The first kappa shape index (κ1) is 17.5. The number of methoxy groups -OCH3 is 1. The van der Waals surface area contributed by atoms with Crippen LogP contribution in [0.4, 0.5) is 0 Å². The number of aromatic nitrogens is 2. The second kappa shape index (κ2) is 7.77.